The normalized spacial score (nSPS) is 11.6. The van der Waals surface area contributed by atoms with Gasteiger partial charge in [0.15, 0.2) is 5.13 Å². The average molecular weight is 354 g/mol. The largest absolute Gasteiger partial charge is 0.494 e. The van der Waals surface area contributed by atoms with Crippen LogP contribution in [0.1, 0.15) is 42.3 Å². The summed E-state index contributed by atoms with van der Waals surface area (Å²) in [5.41, 5.74) is 3.78. The zero-order chi connectivity index (χ0) is 18.2. The van der Waals surface area contributed by atoms with Crippen molar-refractivity contribution in [3.05, 3.63) is 53.1 Å². The Balaban J connectivity index is 1.86. The number of carbonyl (C=O) groups is 1. The van der Waals surface area contributed by atoms with Gasteiger partial charge in [-0.3, -0.25) is 10.1 Å². The van der Waals surface area contributed by atoms with E-state index < -0.39 is 0 Å². The minimum absolute atomic E-state index is 0.0656. The highest BCUT2D eigenvalue weighted by molar-refractivity contribution is 7.22. The van der Waals surface area contributed by atoms with E-state index in [1.165, 1.54) is 16.9 Å². The number of nitrogens with one attached hydrogen (secondary N) is 1. The van der Waals surface area contributed by atoms with Gasteiger partial charge in [0.1, 0.15) is 11.3 Å². The summed E-state index contributed by atoms with van der Waals surface area (Å²) in [6, 6.07) is 11.6. The van der Waals surface area contributed by atoms with Crippen molar-refractivity contribution in [1.82, 2.24) is 4.98 Å². The number of carbonyl (C=O) groups excluding carboxylic acids is 1. The molecule has 3 aromatic rings. The first-order chi connectivity index (χ1) is 11.8. The van der Waals surface area contributed by atoms with Crippen LogP contribution in [0.2, 0.25) is 0 Å². The number of hydrogen-bond acceptors (Lipinski definition) is 4. The van der Waals surface area contributed by atoms with Gasteiger partial charge in [0.2, 0.25) is 0 Å². The molecule has 0 atom stereocenters. The second-order valence-electron chi connectivity index (χ2n) is 7.06. The quantitative estimate of drug-likeness (QED) is 0.706. The summed E-state index contributed by atoms with van der Waals surface area (Å²) in [6.45, 7) is 8.48. The van der Waals surface area contributed by atoms with Crippen molar-refractivity contribution in [2.75, 3.05) is 12.4 Å². The molecule has 0 saturated heterocycles. The van der Waals surface area contributed by atoms with E-state index >= 15 is 0 Å². The molecule has 0 fully saturated rings. The van der Waals surface area contributed by atoms with Crippen LogP contribution in [0.5, 0.6) is 5.75 Å². The second kappa shape index (κ2) is 6.48. The van der Waals surface area contributed by atoms with Gasteiger partial charge in [-0.05, 0) is 41.7 Å². The number of anilines is 1. The second-order valence-corrected chi connectivity index (χ2v) is 8.06. The molecule has 1 heterocycles. The number of hydrogen-bond donors (Lipinski definition) is 1. The molecule has 130 valence electrons. The first-order valence-corrected chi connectivity index (χ1v) is 8.97. The SMILES string of the molecule is COc1ccc(C)c2sc(NC(=O)c3ccc(C(C)(C)C)cc3)nc12. The van der Waals surface area contributed by atoms with E-state index in [9.17, 15) is 4.79 Å². The van der Waals surface area contributed by atoms with Gasteiger partial charge in [-0.25, -0.2) is 4.98 Å². The molecule has 0 saturated carbocycles. The van der Waals surface area contributed by atoms with Gasteiger partial charge < -0.3 is 4.74 Å². The summed E-state index contributed by atoms with van der Waals surface area (Å²) < 4.78 is 6.39. The Labute approximate surface area is 151 Å². The van der Waals surface area contributed by atoms with Crippen molar-refractivity contribution in [2.24, 2.45) is 0 Å². The molecule has 1 aromatic heterocycles. The van der Waals surface area contributed by atoms with Crippen LogP contribution >= 0.6 is 11.3 Å². The minimum atomic E-state index is -0.156. The fraction of sp³-hybridized carbons (Fsp3) is 0.300. The topological polar surface area (TPSA) is 51.2 Å². The molecule has 0 aliphatic carbocycles. The molecular formula is C20H22N2O2S. The Kier molecular flexibility index (Phi) is 4.52. The minimum Gasteiger partial charge on any atom is -0.494 e. The Morgan fingerprint density at radius 3 is 2.40 bits per heavy atom. The predicted octanol–water partition coefficient (Wildman–Crippen LogP) is 5.16. The van der Waals surface area contributed by atoms with Gasteiger partial charge >= 0.3 is 0 Å². The Hall–Kier alpha value is -2.40. The number of methoxy groups -OCH3 is 1. The lowest BCUT2D eigenvalue weighted by Gasteiger charge is -2.18. The number of amides is 1. The van der Waals surface area contributed by atoms with Gasteiger partial charge in [0.25, 0.3) is 5.91 Å². The molecule has 3 rings (SSSR count). The number of fused-ring (bicyclic) bond motifs is 1. The maximum Gasteiger partial charge on any atom is 0.257 e. The van der Waals surface area contributed by atoms with Crippen molar-refractivity contribution >= 4 is 32.6 Å². The van der Waals surface area contributed by atoms with Crippen molar-refractivity contribution in [1.29, 1.82) is 0 Å². The summed E-state index contributed by atoms with van der Waals surface area (Å²) in [6.07, 6.45) is 0. The van der Waals surface area contributed by atoms with E-state index in [0.29, 0.717) is 16.4 Å². The van der Waals surface area contributed by atoms with E-state index in [1.54, 1.807) is 7.11 Å². The van der Waals surface area contributed by atoms with E-state index in [-0.39, 0.29) is 11.3 Å². The zero-order valence-electron chi connectivity index (χ0n) is 15.1. The number of benzene rings is 2. The molecule has 0 unspecified atom stereocenters. The van der Waals surface area contributed by atoms with Crippen molar-refractivity contribution in [3.63, 3.8) is 0 Å². The van der Waals surface area contributed by atoms with Gasteiger partial charge in [0.05, 0.1) is 11.8 Å². The van der Waals surface area contributed by atoms with Gasteiger partial charge in [0, 0.05) is 5.56 Å². The molecule has 1 amide bonds. The predicted molar refractivity (Wildman–Crippen MR) is 104 cm³/mol. The van der Waals surface area contributed by atoms with Gasteiger partial charge in [-0.1, -0.05) is 50.3 Å². The highest BCUT2D eigenvalue weighted by atomic mass is 32.1. The van der Waals surface area contributed by atoms with Crippen LogP contribution in [0.3, 0.4) is 0 Å². The van der Waals surface area contributed by atoms with E-state index in [0.717, 1.165) is 15.8 Å². The standard InChI is InChI=1S/C20H22N2O2S/c1-12-6-11-15(24-5)16-17(12)25-19(21-16)22-18(23)13-7-9-14(10-8-13)20(2,3)4/h6-11H,1-5H3,(H,21,22,23). The molecule has 4 nitrogen and oxygen atoms in total. The number of thiazole rings is 1. The maximum absolute atomic E-state index is 12.5. The van der Waals surface area contributed by atoms with Crippen LogP contribution in [0, 0.1) is 6.92 Å². The molecule has 0 radical (unpaired) electrons. The number of aryl methyl sites for hydroxylation is 1. The Morgan fingerprint density at radius 1 is 1.12 bits per heavy atom. The molecule has 0 aliphatic rings. The number of nitrogens with zero attached hydrogens (tertiary/aromatic N) is 1. The molecule has 5 heteroatoms. The highest BCUT2D eigenvalue weighted by Crippen LogP contribution is 2.34. The fourth-order valence-electron chi connectivity index (χ4n) is 2.62. The van der Waals surface area contributed by atoms with Crippen LogP contribution in [0.4, 0.5) is 5.13 Å². The summed E-state index contributed by atoms with van der Waals surface area (Å²) in [7, 11) is 1.62. The molecule has 25 heavy (non-hydrogen) atoms. The highest BCUT2D eigenvalue weighted by Gasteiger charge is 2.16. The van der Waals surface area contributed by atoms with Crippen LogP contribution in [0.25, 0.3) is 10.2 Å². The van der Waals surface area contributed by atoms with Crippen molar-refractivity contribution < 1.29 is 9.53 Å². The Morgan fingerprint density at radius 2 is 1.80 bits per heavy atom. The van der Waals surface area contributed by atoms with Crippen LogP contribution in [-0.2, 0) is 5.41 Å². The average Bonchev–Trinajstić information content (AvgIpc) is 2.99. The maximum atomic E-state index is 12.5. The zero-order valence-corrected chi connectivity index (χ0v) is 16.0. The smallest absolute Gasteiger partial charge is 0.257 e. The van der Waals surface area contributed by atoms with Crippen LogP contribution < -0.4 is 10.1 Å². The van der Waals surface area contributed by atoms with E-state index in [4.69, 9.17) is 4.74 Å². The summed E-state index contributed by atoms with van der Waals surface area (Å²) in [4.78, 5) is 17.0. The molecule has 2 aromatic carbocycles. The third-order valence-corrected chi connectivity index (χ3v) is 5.26. The Bertz CT molecular complexity index is 921. The lowest BCUT2D eigenvalue weighted by Crippen LogP contribution is -2.14. The number of aromatic nitrogens is 1. The first kappa shape index (κ1) is 17.4. The van der Waals surface area contributed by atoms with E-state index in [1.807, 2.05) is 43.3 Å². The first-order valence-electron chi connectivity index (χ1n) is 8.15. The lowest BCUT2D eigenvalue weighted by atomic mass is 9.87. The molecule has 0 bridgehead atoms. The summed E-state index contributed by atoms with van der Waals surface area (Å²) in [5.74, 6) is 0.558. The van der Waals surface area contributed by atoms with Crippen molar-refractivity contribution in [3.8, 4) is 5.75 Å². The molecule has 1 N–H and O–H groups in total. The van der Waals surface area contributed by atoms with Gasteiger partial charge in [-0.2, -0.15) is 0 Å². The van der Waals surface area contributed by atoms with E-state index in [2.05, 4.69) is 31.1 Å². The third-order valence-electron chi connectivity index (χ3n) is 4.16. The monoisotopic (exact) mass is 354 g/mol. The van der Waals surface area contributed by atoms with Crippen LogP contribution in [0.15, 0.2) is 36.4 Å². The van der Waals surface area contributed by atoms with Crippen molar-refractivity contribution in [2.45, 2.75) is 33.1 Å². The summed E-state index contributed by atoms with van der Waals surface area (Å²) in [5, 5.41) is 3.47. The molecule has 0 spiro atoms. The number of ether oxygens (including phenoxy) is 1. The number of rotatable bonds is 3. The molecule has 0 aliphatic heterocycles. The summed E-state index contributed by atoms with van der Waals surface area (Å²) >= 11 is 1.46. The molecular weight excluding hydrogens is 332 g/mol. The third kappa shape index (κ3) is 3.51. The lowest BCUT2D eigenvalue weighted by molar-refractivity contribution is 0.102. The fourth-order valence-corrected chi connectivity index (χ4v) is 3.56. The van der Waals surface area contributed by atoms with Crippen LogP contribution in [-0.4, -0.2) is 18.0 Å². The van der Waals surface area contributed by atoms with Gasteiger partial charge in [-0.15, -0.1) is 0 Å².